The summed E-state index contributed by atoms with van der Waals surface area (Å²) in [5, 5.41) is 3.87. The van der Waals surface area contributed by atoms with E-state index < -0.39 is 0 Å². The highest BCUT2D eigenvalue weighted by molar-refractivity contribution is 9.28. The van der Waals surface area contributed by atoms with Crippen molar-refractivity contribution in [1.82, 2.24) is 19.9 Å². The van der Waals surface area contributed by atoms with E-state index in [1.807, 2.05) is 31.2 Å². The van der Waals surface area contributed by atoms with Gasteiger partial charge in [-0.25, -0.2) is 19.9 Å². The van der Waals surface area contributed by atoms with Crippen LogP contribution in [0.5, 0.6) is 11.5 Å². The number of nitrogens with one attached hydrogen (secondary N) is 1. The monoisotopic (exact) mass is 1030 g/mol. The van der Waals surface area contributed by atoms with Crippen LogP contribution in [-0.4, -0.2) is 40.2 Å². The molecule has 1 fully saturated rings. The van der Waals surface area contributed by atoms with Gasteiger partial charge in [-0.1, -0.05) is 106 Å². The number of aromatic nitrogens is 4. The number of hydrogen-bond donors (Lipinski definition) is 1. The normalized spacial score (nSPS) is 14.2. The molecular formula is C31H55ClN5O2P15. The highest BCUT2D eigenvalue weighted by Crippen LogP contribution is 3.22. The van der Waals surface area contributed by atoms with Crippen LogP contribution < -0.4 is 14.8 Å². The number of halogens is 1. The maximum atomic E-state index is 5.93. The first-order chi connectivity index (χ1) is 25.3. The molecule has 0 aliphatic heterocycles. The first-order valence-electron chi connectivity index (χ1n) is 16.2. The van der Waals surface area contributed by atoms with Crippen molar-refractivity contribution in [2.45, 2.75) is 59.4 Å². The Morgan fingerprint density at radius 3 is 1.54 bits per heavy atom. The average molecular weight is 1030 g/mol. The van der Waals surface area contributed by atoms with Gasteiger partial charge in [0.05, 0.1) is 14.2 Å². The Bertz CT molecular complexity index is 1670. The van der Waals surface area contributed by atoms with Crippen molar-refractivity contribution in [2.24, 2.45) is 0 Å². The van der Waals surface area contributed by atoms with Crippen LogP contribution in [0.2, 0.25) is 5.15 Å². The van der Waals surface area contributed by atoms with Crippen LogP contribution in [0.15, 0.2) is 61.2 Å². The smallest absolute Gasteiger partial charge is 0.187 e. The van der Waals surface area contributed by atoms with Crippen molar-refractivity contribution in [3.8, 4) is 34.0 Å². The standard InChI is InChI=1S/C18H23N3O.C12H11ClN2O.CH4.H17P15/c1-13-8-10-14(11-9-13)16-17(22-2)18(20-12-19-16)21-15-6-4-3-5-7-15;1-8-3-5-9(6-4-8)10-11(16-2)12(13)15-7-14-10;;1-9-13(8)15(12(6)7)14(10(2)3)11(4)5/h8-12,15H,3-7H2,1-2H3,(H,19,20,21);3-7H,1-2H3;1H4;9H,1-8H2. The molecule has 7 nitrogen and oxygen atoms in total. The lowest BCUT2D eigenvalue weighted by atomic mass is 9.95. The Balaban J connectivity index is 0.000000285. The van der Waals surface area contributed by atoms with E-state index in [1.54, 1.807) is 20.5 Å². The zero-order valence-electron chi connectivity index (χ0n) is 30.2. The largest absolute Gasteiger partial charge is 0.491 e. The number of ether oxygens (including phenoxy) is 2. The molecule has 1 saturated carbocycles. The van der Waals surface area contributed by atoms with E-state index in [2.05, 4.69) is 128 Å². The second-order valence-electron chi connectivity index (χ2n) is 11.5. The van der Waals surface area contributed by atoms with Gasteiger partial charge in [0.25, 0.3) is 0 Å². The Hall–Kier alpha value is 2.74. The fourth-order valence-electron chi connectivity index (χ4n) is 5.12. The Kier molecular flexibility index (Phi) is 27.8. The molecule has 298 valence electrons. The van der Waals surface area contributed by atoms with Gasteiger partial charge in [0.1, 0.15) is 24.0 Å². The van der Waals surface area contributed by atoms with Crippen LogP contribution in [-0.2, 0) is 0 Å². The number of benzene rings is 2. The van der Waals surface area contributed by atoms with Gasteiger partial charge in [-0.05, 0) is 68.6 Å². The lowest BCUT2D eigenvalue weighted by molar-refractivity contribution is 0.410. The maximum absolute atomic E-state index is 5.93. The van der Waals surface area contributed by atoms with Gasteiger partial charge in [0.15, 0.2) is 22.5 Å². The van der Waals surface area contributed by atoms with Gasteiger partial charge in [-0.3, -0.25) is 0 Å². The molecule has 4 aromatic rings. The number of anilines is 1. The van der Waals surface area contributed by atoms with E-state index in [0.717, 1.165) is 36.3 Å². The SMILES string of the molecule is C.COc1c(Cl)ncnc1-c1ccc(C)cc1.COc1c(NC2CCCCC2)ncnc1-c1ccc(C)cc1.PPP(P)P(P(P)P)P(P(P)P)P(P)P. The zero-order chi connectivity index (χ0) is 39.1. The molecule has 2 aromatic heterocycles. The molecule has 0 saturated heterocycles. The Morgan fingerprint density at radius 2 is 1.11 bits per heavy atom. The van der Waals surface area contributed by atoms with Gasteiger partial charge in [0.2, 0.25) is 0 Å². The molecule has 0 spiro atoms. The third-order valence-corrected chi connectivity index (χ3v) is 96.3. The van der Waals surface area contributed by atoms with Crippen LogP contribution in [0.1, 0.15) is 50.7 Å². The lowest BCUT2D eigenvalue weighted by Gasteiger charge is -2.38. The molecule has 23 heteroatoms. The van der Waals surface area contributed by atoms with Gasteiger partial charge >= 0.3 is 0 Å². The molecule has 1 aliphatic carbocycles. The van der Waals surface area contributed by atoms with Crippen LogP contribution >= 0.6 is 133 Å². The third-order valence-electron chi connectivity index (χ3n) is 7.67. The fourth-order valence-corrected chi connectivity index (χ4v) is 162. The molecule has 2 heterocycles. The number of nitrogens with zero attached hydrogens (tertiary/aromatic N) is 4. The second-order valence-corrected chi connectivity index (χ2v) is 67.8. The predicted molar refractivity (Wildman–Crippen MR) is 287 cm³/mol. The summed E-state index contributed by atoms with van der Waals surface area (Å²) < 4.78 is 10.8. The summed E-state index contributed by atoms with van der Waals surface area (Å²) in [5.41, 5.74) is 6.00. The van der Waals surface area contributed by atoms with Gasteiger partial charge in [-0.2, -0.15) is 0 Å². The van der Waals surface area contributed by atoms with Crippen LogP contribution in [0.3, 0.4) is 0 Å². The topological polar surface area (TPSA) is 82.1 Å². The molecule has 1 N–H and O–H groups in total. The summed E-state index contributed by atoms with van der Waals surface area (Å²) in [6.07, 6.45) is 9.36. The summed E-state index contributed by atoms with van der Waals surface area (Å²) in [6, 6.07) is 16.8. The quantitative estimate of drug-likeness (QED) is 0.112. The second kappa shape index (κ2) is 28.4. The first kappa shape index (κ1) is 52.9. The van der Waals surface area contributed by atoms with E-state index in [9.17, 15) is 0 Å². The number of aryl methyl sites for hydroxylation is 2. The molecule has 11 atom stereocenters. The van der Waals surface area contributed by atoms with Crippen LogP contribution in [0, 0.1) is 13.8 Å². The Morgan fingerprint density at radius 1 is 0.667 bits per heavy atom. The van der Waals surface area contributed by atoms with Gasteiger partial charge < -0.3 is 14.8 Å². The van der Waals surface area contributed by atoms with E-state index in [-0.39, 0.29) is 49.4 Å². The van der Waals surface area contributed by atoms with E-state index >= 15 is 0 Å². The van der Waals surface area contributed by atoms with E-state index in [4.69, 9.17) is 21.1 Å². The van der Waals surface area contributed by atoms with Crippen LogP contribution in [0.25, 0.3) is 22.5 Å². The van der Waals surface area contributed by atoms with E-state index in [0.29, 0.717) is 22.6 Å². The molecule has 54 heavy (non-hydrogen) atoms. The molecule has 11 unspecified atom stereocenters. The number of methoxy groups -OCH3 is 2. The minimum Gasteiger partial charge on any atom is -0.491 e. The van der Waals surface area contributed by atoms with Crippen molar-refractivity contribution in [3.63, 3.8) is 0 Å². The van der Waals surface area contributed by atoms with Gasteiger partial charge in [-0.15, -0.1) is 71.4 Å². The third kappa shape index (κ3) is 16.9. The Labute approximate surface area is 356 Å². The summed E-state index contributed by atoms with van der Waals surface area (Å²) in [6.45, 7) is 5.00. The molecule has 0 radical (unpaired) electrons. The maximum Gasteiger partial charge on any atom is 0.187 e. The summed E-state index contributed by atoms with van der Waals surface area (Å²) in [7, 11) is 28.9. The van der Waals surface area contributed by atoms with Crippen molar-refractivity contribution in [1.29, 1.82) is 0 Å². The fraction of sp³-hybridized carbons (Fsp3) is 0.355. The highest BCUT2D eigenvalue weighted by atomic mass is 35.5. The molecule has 0 amide bonds. The minimum atomic E-state index is 0. The molecule has 2 aromatic carbocycles. The summed E-state index contributed by atoms with van der Waals surface area (Å²) in [4.78, 5) is 16.9. The molecule has 0 bridgehead atoms. The van der Waals surface area contributed by atoms with Crippen molar-refractivity contribution >= 4 is 139 Å². The predicted octanol–water partition coefficient (Wildman–Crippen LogP) is 16.3. The molecule has 5 rings (SSSR count). The minimum absolute atomic E-state index is 0. The van der Waals surface area contributed by atoms with Crippen LogP contribution in [0.4, 0.5) is 5.82 Å². The average Bonchev–Trinajstić information content (AvgIpc) is 3.14. The van der Waals surface area contributed by atoms with Crippen molar-refractivity contribution < 1.29 is 9.47 Å². The number of hydrogen-bond acceptors (Lipinski definition) is 7. The number of rotatable bonds is 12. The lowest BCUT2D eigenvalue weighted by Crippen LogP contribution is -2.23. The molecule has 1 aliphatic rings. The highest BCUT2D eigenvalue weighted by Gasteiger charge is 2.33. The summed E-state index contributed by atoms with van der Waals surface area (Å²) >= 11 is 5.93. The zero-order valence-corrected chi connectivity index (χ0v) is 46.5. The van der Waals surface area contributed by atoms with Crippen molar-refractivity contribution in [3.05, 3.63) is 77.5 Å². The summed E-state index contributed by atoms with van der Waals surface area (Å²) in [5.74, 6) is 2.05. The first-order valence-corrected chi connectivity index (χ1v) is 43.1. The van der Waals surface area contributed by atoms with Gasteiger partial charge in [0, 0.05) is 17.2 Å². The molecular weight excluding hydrogens is 974 g/mol. The van der Waals surface area contributed by atoms with Crippen molar-refractivity contribution in [2.75, 3.05) is 19.5 Å². The van der Waals surface area contributed by atoms with E-state index in [1.165, 1.54) is 49.6 Å².